The Bertz CT molecular complexity index is 1240. The third-order valence-electron chi connectivity index (χ3n) is 6.21. The number of benzene rings is 2. The van der Waals surface area contributed by atoms with Crippen LogP contribution in [0.5, 0.6) is 0 Å². The van der Waals surface area contributed by atoms with Crippen molar-refractivity contribution in [3.63, 3.8) is 0 Å². The minimum atomic E-state index is -1.14. The van der Waals surface area contributed by atoms with Crippen LogP contribution in [0.15, 0.2) is 42.5 Å². The molecule has 2 aliphatic rings. The average Bonchev–Trinajstić information content (AvgIpc) is 3.49. The first kappa shape index (κ1) is 26.2. The molecule has 37 heavy (non-hydrogen) atoms. The maximum Gasteiger partial charge on any atom is 0.338 e. The lowest BCUT2D eigenvalue weighted by Crippen LogP contribution is -2.48. The van der Waals surface area contributed by atoms with E-state index < -0.39 is 40.3 Å². The van der Waals surface area contributed by atoms with E-state index in [9.17, 15) is 29.3 Å². The first-order valence-corrected chi connectivity index (χ1v) is 12.1. The van der Waals surface area contributed by atoms with Gasteiger partial charge in [-0.05, 0) is 56.2 Å². The van der Waals surface area contributed by atoms with Gasteiger partial charge in [0.25, 0.3) is 17.5 Å². The van der Waals surface area contributed by atoms with Crippen molar-refractivity contribution >= 4 is 46.7 Å². The molecule has 2 unspecified atom stereocenters. The smallest absolute Gasteiger partial charge is 0.338 e. The molecule has 0 saturated carbocycles. The van der Waals surface area contributed by atoms with Gasteiger partial charge in [0.05, 0.1) is 35.3 Å². The van der Waals surface area contributed by atoms with Crippen molar-refractivity contribution in [2.45, 2.75) is 38.3 Å². The summed E-state index contributed by atoms with van der Waals surface area (Å²) in [4.78, 5) is 64.8. The summed E-state index contributed by atoms with van der Waals surface area (Å²) in [5, 5.41) is 11.2. The van der Waals surface area contributed by atoms with Crippen LogP contribution in [0.3, 0.4) is 0 Å². The Balaban J connectivity index is 1.63. The van der Waals surface area contributed by atoms with E-state index in [1.165, 1.54) is 41.3 Å². The number of carbonyl (C=O) groups excluding carboxylic acids is 4. The van der Waals surface area contributed by atoms with Crippen LogP contribution in [0.25, 0.3) is 0 Å². The molecule has 2 aromatic carbocycles. The van der Waals surface area contributed by atoms with Crippen LogP contribution in [0.1, 0.15) is 46.9 Å². The molecule has 0 bridgehead atoms. The molecule has 0 radical (unpaired) electrons. The first-order valence-electron chi connectivity index (χ1n) is 11.7. The van der Waals surface area contributed by atoms with Gasteiger partial charge in [0, 0.05) is 24.8 Å². The first-order chi connectivity index (χ1) is 17.7. The number of imide groups is 1. The zero-order valence-corrected chi connectivity index (χ0v) is 20.7. The van der Waals surface area contributed by atoms with Crippen LogP contribution in [0.2, 0.25) is 5.02 Å². The van der Waals surface area contributed by atoms with Crippen LogP contribution in [-0.2, 0) is 19.1 Å². The van der Waals surface area contributed by atoms with Crippen molar-refractivity contribution in [2.75, 3.05) is 24.7 Å². The zero-order valence-electron chi connectivity index (χ0n) is 19.9. The number of halogens is 1. The van der Waals surface area contributed by atoms with Gasteiger partial charge in [-0.2, -0.15) is 0 Å². The number of carbonyl (C=O) groups is 4. The average molecular weight is 530 g/mol. The summed E-state index contributed by atoms with van der Waals surface area (Å²) in [5.41, 5.74) is 0.0336. The molecule has 12 heteroatoms. The number of hydrogen-bond acceptors (Lipinski definition) is 8. The molecule has 2 heterocycles. The SMILES string of the molecule is CCOC(=O)c1ccc(N2C(=O)CC(N(CC3CCCO3)C(=O)c3ccc(Cl)c([N+](=O)[O-])c3)C2=O)cc1. The third-order valence-corrected chi connectivity index (χ3v) is 6.53. The van der Waals surface area contributed by atoms with Gasteiger partial charge < -0.3 is 14.4 Å². The Morgan fingerprint density at radius 3 is 2.51 bits per heavy atom. The molecule has 2 saturated heterocycles. The fraction of sp³-hybridized carbons (Fsp3) is 0.360. The Labute approximate surface area is 217 Å². The molecular weight excluding hydrogens is 506 g/mol. The summed E-state index contributed by atoms with van der Waals surface area (Å²) in [6, 6.07) is 8.32. The van der Waals surface area contributed by atoms with E-state index in [4.69, 9.17) is 21.1 Å². The molecule has 3 amide bonds. The second-order valence-corrected chi connectivity index (χ2v) is 8.98. The van der Waals surface area contributed by atoms with E-state index in [0.29, 0.717) is 13.0 Å². The molecule has 4 rings (SSSR count). The van der Waals surface area contributed by atoms with Gasteiger partial charge in [-0.3, -0.25) is 24.5 Å². The highest BCUT2D eigenvalue weighted by Crippen LogP contribution is 2.30. The highest BCUT2D eigenvalue weighted by Gasteiger charge is 2.45. The fourth-order valence-electron chi connectivity index (χ4n) is 4.40. The summed E-state index contributed by atoms with van der Waals surface area (Å²) >= 11 is 5.90. The molecule has 0 aliphatic carbocycles. The van der Waals surface area contributed by atoms with Crippen LogP contribution in [0.4, 0.5) is 11.4 Å². The van der Waals surface area contributed by atoms with Gasteiger partial charge in [0.1, 0.15) is 11.1 Å². The lowest BCUT2D eigenvalue weighted by Gasteiger charge is -2.30. The van der Waals surface area contributed by atoms with Gasteiger partial charge in [-0.15, -0.1) is 0 Å². The van der Waals surface area contributed by atoms with Crippen molar-refractivity contribution in [1.29, 1.82) is 0 Å². The summed E-state index contributed by atoms with van der Waals surface area (Å²) in [7, 11) is 0. The van der Waals surface area contributed by atoms with Gasteiger partial charge in [0.2, 0.25) is 5.91 Å². The van der Waals surface area contributed by atoms with Crippen LogP contribution >= 0.6 is 11.6 Å². The summed E-state index contributed by atoms with van der Waals surface area (Å²) in [6.45, 7) is 2.43. The van der Waals surface area contributed by atoms with E-state index in [-0.39, 0.29) is 47.5 Å². The topological polar surface area (TPSA) is 136 Å². The monoisotopic (exact) mass is 529 g/mol. The van der Waals surface area contributed by atoms with Crippen molar-refractivity contribution in [2.24, 2.45) is 0 Å². The number of amides is 3. The molecule has 2 atom stereocenters. The number of nitrogens with zero attached hydrogens (tertiary/aromatic N) is 3. The number of esters is 1. The largest absolute Gasteiger partial charge is 0.462 e. The second-order valence-electron chi connectivity index (χ2n) is 8.57. The molecule has 0 spiro atoms. The molecule has 2 aliphatic heterocycles. The predicted molar refractivity (Wildman–Crippen MR) is 131 cm³/mol. The van der Waals surface area contributed by atoms with Gasteiger partial charge >= 0.3 is 5.97 Å². The van der Waals surface area contributed by atoms with E-state index >= 15 is 0 Å². The number of ether oxygens (including phenoxy) is 2. The minimum Gasteiger partial charge on any atom is -0.462 e. The standard InChI is InChI=1S/C25H24ClN3O8/c1-2-36-25(33)15-5-8-17(9-6-15)28-22(30)13-21(24(28)32)27(14-18-4-3-11-37-18)23(31)16-7-10-19(26)20(12-16)29(34)35/h5-10,12,18,21H,2-4,11,13-14H2,1H3. The van der Waals surface area contributed by atoms with Crippen molar-refractivity contribution in [3.8, 4) is 0 Å². The molecule has 194 valence electrons. The molecular formula is C25H24ClN3O8. The van der Waals surface area contributed by atoms with E-state index in [2.05, 4.69) is 0 Å². The molecule has 11 nitrogen and oxygen atoms in total. The van der Waals surface area contributed by atoms with E-state index in [1.807, 2.05) is 0 Å². The van der Waals surface area contributed by atoms with Gasteiger partial charge in [-0.25, -0.2) is 9.69 Å². The Morgan fingerprint density at radius 1 is 1.19 bits per heavy atom. The molecule has 0 N–H and O–H groups in total. The zero-order chi connectivity index (χ0) is 26.7. The second kappa shape index (κ2) is 11.1. The minimum absolute atomic E-state index is 0.0356. The summed E-state index contributed by atoms with van der Waals surface area (Å²) < 4.78 is 10.6. The molecule has 2 fully saturated rings. The fourth-order valence-corrected chi connectivity index (χ4v) is 4.59. The number of rotatable bonds is 8. The highest BCUT2D eigenvalue weighted by atomic mass is 35.5. The van der Waals surface area contributed by atoms with Gasteiger partial charge in [0.15, 0.2) is 0 Å². The maximum atomic E-state index is 13.6. The third kappa shape index (κ3) is 5.47. The Hall–Kier alpha value is -3.83. The number of nitro benzene ring substituents is 1. The lowest BCUT2D eigenvalue weighted by molar-refractivity contribution is -0.384. The van der Waals surface area contributed by atoms with Crippen LogP contribution in [0, 0.1) is 10.1 Å². The molecule has 0 aromatic heterocycles. The number of nitro groups is 1. The highest BCUT2D eigenvalue weighted by molar-refractivity contribution is 6.32. The normalized spacial score (nSPS) is 19.2. The van der Waals surface area contributed by atoms with Crippen molar-refractivity contribution in [3.05, 3.63) is 68.7 Å². The Kier molecular flexibility index (Phi) is 7.84. The summed E-state index contributed by atoms with van der Waals surface area (Å²) in [5.74, 6) is -2.33. The van der Waals surface area contributed by atoms with E-state index in [1.54, 1.807) is 6.92 Å². The van der Waals surface area contributed by atoms with Crippen molar-refractivity contribution in [1.82, 2.24) is 4.90 Å². The van der Waals surface area contributed by atoms with Crippen LogP contribution in [-0.4, -0.2) is 65.4 Å². The molecule has 2 aromatic rings. The van der Waals surface area contributed by atoms with E-state index in [0.717, 1.165) is 17.4 Å². The van der Waals surface area contributed by atoms with Crippen LogP contribution < -0.4 is 4.90 Å². The van der Waals surface area contributed by atoms with Crippen molar-refractivity contribution < 1.29 is 33.6 Å². The summed E-state index contributed by atoms with van der Waals surface area (Å²) in [6.07, 6.45) is 0.840. The lowest BCUT2D eigenvalue weighted by atomic mass is 10.1. The maximum absolute atomic E-state index is 13.6. The van der Waals surface area contributed by atoms with Gasteiger partial charge in [-0.1, -0.05) is 11.6 Å². The predicted octanol–water partition coefficient (Wildman–Crippen LogP) is 3.38. The quantitative estimate of drug-likeness (QED) is 0.220. The number of anilines is 1. The number of hydrogen-bond donors (Lipinski definition) is 0. The Morgan fingerprint density at radius 2 is 1.89 bits per heavy atom.